The molecule has 0 radical (unpaired) electrons. The van der Waals surface area contributed by atoms with Crippen LogP contribution in [0.3, 0.4) is 0 Å². The maximum absolute atomic E-state index is 4.60. The van der Waals surface area contributed by atoms with Crippen LogP contribution in [0.25, 0.3) is 16.8 Å². The van der Waals surface area contributed by atoms with Gasteiger partial charge in [-0.15, -0.1) is 26.3 Å². The van der Waals surface area contributed by atoms with Gasteiger partial charge in [0.25, 0.3) is 0 Å². The molecule has 2 rings (SSSR count). The topological polar surface area (TPSA) is 25.8 Å². The van der Waals surface area contributed by atoms with E-state index in [1.54, 1.807) is 12.2 Å². The van der Waals surface area contributed by atoms with Crippen molar-refractivity contribution in [1.29, 1.82) is 0 Å². The lowest BCUT2D eigenvalue weighted by Crippen LogP contribution is -1.93. The Kier molecular flexibility index (Phi) is 24.4. The third kappa shape index (κ3) is 14.7. The highest BCUT2D eigenvalue weighted by atomic mass is 14.7. The summed E-state index contributed by atoms with van der Waals surface area (Å²) < 4.78 is 0. The molecule has 0 saturated heterocycles. The van der Waals surface area contributed by atoms with E-state index in [4.69, 9.17) is 0 Å². The molecule has 2 aromatic rings. The Hall–Kier alpha value is -3.00. The van der Waals surface area contributed by atoms with Gasteiger partial charge in [0.15, 0.2) is 0 Å². The first-order chi connectivity index (χ1) is 14.1. The fourth-order valence-corrected chi connectivity index (χ4v) is 2.01. The summed E-state index contributed by atoms with van der Waals surface area (Å²) in [5.74, 6) is 0. The van der Waals surface area contributed by atoms with Gasteiger partial charge in [-0.2, -0.15) is 0 Å². The first-order valence-corrected chi connectivity index (χ1v) is 9.91. The van der Waals surface area contributed by atoms with E-state index in [9.17, 15) is 0 Å². The zero-order chi connectivity index (χ0) is 23.1. The van der Waals surface area contributed by atoms with E-state index >= 15 is 0 Å². The number of aryl methyl sites for hydroxylation is 1. The molecule has 0 saturated carbocycles. The smallest absolute Gasteiger partial charge is 0.0708 e. The van der Waals surface area contributed by atoms with Crippen molar-refractivity contribution < 1.29 is 0 Å². The van der Waals surface area contributed by atoms with Gasteiger partial charge in [0, 0.05) is 17.5 Å². The molecule has 0 atom stereocenters. The van der Waals surface area contributed by atoms with Gasteiger partial charge in [0.1, 0.15) is 0 Å². The zero-order valence-corrected chi connectivity index (χ0v) is 19.6. The van der Waals surface area contributed by atoms with Crippen molar-refractivity contribution in [2.24, 2.45) is 0 Å². The van der Waals surface area contributed by atoms with Crippen molar-refractivity contribution in [2.75, 3.05) is 0 Å². The fraction of sp³-hybridized carbons (Fsp3) is 0.259. The molecule has 158 valence electrons. The van der Waals surface area contributed by atoms with Crippen LogP contribution in [0.5, 0.6) is 0 Å². The van der Waals surface area contributed by atoms with Gasteiger partial charge in [0.2, 0.25) is 0 Å². The largest absolute Gasteiger partial charge is 0.256 e. The predicted molar refractivity (Wildman–Crippen MR) is 135 cm³/mol. The number of hydrogen-bond donors (Lipinski definition) is 0. The number of hydrogen-bond acceptors (Lipinski definition) is 2. The van der Waals surface area contributed by atoms with E-state index < -0.39 is 0 Å². The van der Waals surface area contributed by atoms with Crippen LogP contribution < -0.4 is 0 Å². The molecular weight excluding hydrogens is 352 g/mol. The highest BCUT2D eigenvalue weighted by Gasteiger charge is 2.05. The van der Waals surface area contributed by atoms with Gasteiger partial charge in [0.05, 0.1) is 11.4 Å². The number of pyridine rings is 2. The molecule has 0 N–H and O–H groups in total. The van der Waals surface area contributed by atoms with Crippen LogP contribution in [0.4, 0.5) is 0 Å². The molecule has 0 fully saturated rings. The Labute approximate surface area is 180 Å². The van der Waals surface area contributed by atoms with Gasteiger partial charge in [-0.1, -0.05) is 50.3 Å². The Balaban J connectivity index is -0.000000579. The number of aromatic nitrogens is 2. The average Bonchev–Trinajstić information content (AvgIpc) is 2.76. The van der Waals surface area contributed by atoms with Crippen molar-refractivity contribution in [2.45, 2.75) is 48.5 Å². The molecule has 0 bridgehead atoms. The zero-order valence-electron chi connectivity index (χ0n) is 19.6. The van der Waals surface area contributed by atoms with Gasteiger partial charge >= 0.3 is 0 Å². The van der Waals surface area contributed by atoms with Crippen LogP contribution >= 0.6 is 0 Å². The molecule has 0 aliphatic heterocycles. The van der Waals surface area contributed by atoms with Crippen LogP contribution in [-0.2, 0) is 0 Å². The SMILES string of the molecule is C/C=C\C(=C/C)c1cc(-c2ccccn2)cc(C)n1.C=C.C=CC.C=CC.CC. The minimum Gasteiger partial charge on any atom is -0.256 e. The number of allylic oxidation sites excluding steroid dienone is 6. The average molecular weight is 393 g/mol. The van der Waals surface area contributed by atoms with Gasteiger partial charge in [-0.3, -0.25) is 9.97 Å². The lowest BCUT2D eigenvalue weighted by Gasteiger charge is -2.07. The summed E-state index contributed by atoms with van der Waals surface area (Å²) in [5, 5.41) is 0. The molecule has 0 aliphatic carbocycles. The van der Waals surface area contributed by atoms with E-state index in [1.165, 1.54) is 0 Å². The lowest BCUT2D eigenvalue weighted by atomic mass is 10.1. The molecule has 0 spiro atoms. The molecule has 2 heterocycles. The van der Waals surface area contributed by atoms with Crippen LogP contribution in [0.2, 0.25) is 0 Å². The second-order valence-electron chi connectivity index (χ2n) is 5.16. The molecular formula is C27H40N2. The molecule has 0 aromatic carbocycles. The van der Waals surface area contributed by atoms with Crippen molar-refractivity contribution in [3.8, 4) is 11.3 Å². The number of nitrogens with zero attached hydrogens (tertiary/aromatic N) is 2. The third-order valence-electron chi connectivity index (χ3n) is 2.87. The fourth-order valence-electron chi connectivity index (χ4n) is 2.01. The molecule has 0 amide bonds. The van der Waals surface area contributed by atoms with E-state index in [-0.39, 0.29) is 0 Å². The van der Waals surface area contributed by atoms with Crippen LogP contribution in [-0.4, -0.2) is 9.97 Å². The molecule has 29 heavy (non-hydrogen) atoms. The molecule has 0 aliphatic rings. The minimum atomic E-state index is 0.977. The van der Waals surface area contributed by atoms with Crippen LogP contribution in [0.15, 0.2) is 93.2 Å². The molecule has 2 aromatic heterocycles. The van der Waals surface area contributed by atoms with Gasteiger partial charge < -0.3 is 0 Å². The van der Waals surface area contributed by atoms with Crippen molar-refractivity contribution in [1.82, 2.24) is 9.97 Å². The Morgan fingerprint density at radius 2 is 1.48 bits per heavy atom. The van der Waals surface area contributed by atoms with E-state index in [0.29, 0.717) is 0 Å². The Morgan fingerprint density at radius 1 is 0.931 bits per heavy atom. The first-order valence-electron chi connectivity index (χ1n) is 9.91. The molecule has 2 nitrogen and oxygen atoms in total. The monoisotopic (exact) mass is 392 g/mol. The maximum atomic E-state index is 4.60. The van der Waals surface area contributed by atoms with E-state index in [1.807, 2.05) is 78.9 Å². The molecule has 2 heteroatoms. The summed E-state index contributed by atoms with van der Waals surface area (Å²) in [5.41, 5.74) is 5.20. The standard InChI is InChI=1S/C17H18N2.2C3H6.C2H6.C2H4/c1-4-8-14(5-2)17-12-15(11-13(3)19-17)16-9-6-7-10-18-16;2*1-3-2;2*1-2/h4-12H,1-3H3;2*3H,1H2,2H3;1-2H3;1-2H2/b8-4-,14-5+;;;;. The third-order valence-corrected chi connectivity index (χ3v) is 2.87. The van der Waals surface area contributed by atoms with Crippen molar-refractivity contribution in [3.05, 3.63) is 105 Å². The summed E-state index contributed by atoms with van der Waals surface area (Å²) in [4.78, 5) is 9.00. The maximum Gasteiger partial charge on any atom is 0.0708 e. The quantitative estimate of drug-likeness (QED) is 0.386. The summed E-state index contributed by atoms with van der Waals surface area (Å²) in [6.07, 6.45) is 11.5. The lowest BCUT2D eigenvalue weighted by molar-refractivity contribution is 1.17. The number of rotatable bonds is 3. The highest BCUT2D eigenvalue weighted by molar-refractivity contribution is 5.74. The normalized spacial score (nSPS) is 9.14. The van der Waals surface area contributed by atoms with Crippen molar-refractivity contribution >= 4 is 5.57 Å². The van der Waals surface area contributed by atoms with Gasteiger partial charge in [-0.25, -0.2) is 0 Å². The summed E-state index contributed by atoms with van der Waals surface area (Å²) in [6, 6.07) is 10.1. The van der Waals surface area contributed by atoms with Gasteiger partial charge in [-0.05, 0) is 64.5 Å². The van der Waals surface area contributed by atoms with E-state index in [0.717, 1.165) is 28.2 Å². The second kappa shape index (κ2) is 23.0. The van der Waals surface area contributed by atoms with Crippen LogP contribution in [0.1, 0.15) is 52.9 Å². The Bertz CT molecular complexity index is 705. The summed E-state index contributed by atoms with van der Waals surface area (Å²) in [6.45, 7) is 26.6. The van der Waals surface area contributed by atoms with Crippen molar-refractivity contribution in [3.63, 3.8) is 0 Å². The van der Waals surface area contributed by atoms with E-state index in [2.05, 4.69) is 60.6 Å². The summed E-state index contributed by atoms with van der Waals surface area (Å²) >= 11 is 0. The molecule has 0 unspecified atom stereocenters. The summed E-state index contributed by atoms with van der Waals surface area (Å²) in [7, 11) is 0. The van der Waals surface area contributed by atoms with Crippen LogP contribution in [0, 0.1) is 6.92 Å². The second-order valence-corrected chi connectivity index (χ2v) is 5.16. The Morgan fingerprint density at radius 3 is 1.90 bits per heavy atom. The first kappa shape index (κ1) is 30.7. The highest BCUT2D eigenvalue weighted by Crippen LogP contribution is 2.22. The minimum absolute atomic E-state index is 0.977. The predicted octanol–water partition coefficient (Wildman–Crippen LogP) is 8.64.